The van der Waals surface area contributed by atoms with Crippen LogP contribution in [-0.2, 0) is 9.59 Å². The van der Waals surface area contributed by atoms with Crippen LogP contribution in [0.15, 0.2) is 24.3 Å². The van der Waals surface area contributed by atoms with Crippen LogP contribution in [0.4, 0.5) is 4.39 Å². The summed E-state index contributed by atoms with van der Waals surface area (Å²) in [5.41, 5.74) is 0.755. The van der Waals surface area contributed by atoms with Crippen molar-refractivity contribution in [3.63, 3.8) is 0 Å². The minimum Gasteiger partial charge on any atom is -0.329 e. The van der Waals surface area contributed by atoms with Crippen molar-refractivity contribution in [2.24, 2.45) is 17.3 Å². The van der Waals surface area contributed by atoms with Crippen LogP contribution >= 0.6 is 0 Å². The van der Waals surface area contributed by atoms with E-state index in [-0.39, 0.29) is 59.2 Å². The number of amides is 2. The van der Waals surface area contributed by atoms with Gasteiger partial charge >= 0.3 is 0 Å². The first kappa shape index (κ1) is 22.3. The zero-order valence-corrected chi connectivity index (χ0v) is 19.9. The first-order chi connectivity index (χ1) is 15.6. The number of rotatable bonds is 5. The third-order valence-corrected chi connectivity index (χ3v) is 8.04. The van der Waals surface area contributed by atoms with Gasteiger partial charge in [0.05, 0.1) is 18.2 Å². The number of nitriles is 1. The standard InChI is InChI=1S/C26H33FN4O2/c1-15(24(32)30-19(12-28)9-17-10-21(17)30)13-29-14-20-11-22(29)25(33)31(20)23(26(2,3)4)16-5-7-18(27)8-6-16/h5-8,15,17,19-23H,9-11,13-14H2,1-4H3/t15-,17+,19-,20+,21?,22+,23+/m0/s1. The van der Waals surface area contributed by atoms with Crippen molar-refractivity contribution in [1.29, 1.82) is 5.26 Å². The van der Waals surface area contributed by atoms with E-state index in [0.29, 0.717) is 12.5 Å². The number of piperazine rings is 1. The third-order valence-electron chi connectivity index (χ3n) is 8.04. The normalized spacial score (nSPS) is 32.6. The first-order valence-electron chi connectivity index (χ1n) is 12.1. The van der Waals surface area contributed by atoms with E-state index in [1.54, 1.807) is 12.1 Å². The van der Waals surface area contributed by atoms with Gasteiger partial charge in [0, 0.05) is 31.1 Å². The van der Waals surface area contributed by atoms with Gasteiger partial charge in [-0.1, -0.05) is 39.8 Å². The molecular weight excluding hydrogens is 419 g/mol. The van der Waals surface area contributed by atoms with Crippen LogP contribution in [-0.4, -0.2) is 63.8 Å². The van der Waals surface area contributed by atoms with E-state index in [9.17, 15) is 19.2 Å². The molecule has 6 nitrogen and oxygen atoms in total. The van der Waals surface area contributed by atoms with Gasteiger partial charge in [-0.2, -0.15) is 5.26 Å². The molecule has 4 aliphatic rings. The number of hydrogen-bond acceptors (Lipinski definition) is 4. The molecule has 1 aromatic rings. The number of benzene rings is 1. The Hall–Kier alpha value is -2.46. The second-order valence-corrected chi connectivity index (χ2v) is 11.5. The molecule has 2 bridgehead atoms. The van der Waals surface area contributed by atoms with E-state index in [0.717, 1.165) is 31.4 Å². The van der Waals surface area contributed by atoms with Gasteiger partial charge in [0.1, 0.15) is 11.9 Å². The molecule has 7 atom stereocenters. The molecule has 3 aliphatic heterocycles. The molecule has 1 saturated carbocycles. The molecule has 0 aromatic heterocycles. The van der Waals surface area contributed by atoms with E-state index in [4.69, 9.17) is 0 Å². The van der Waals surface area contributed by atoms with E-state index < -0.39 is 0 Å². The Morgan fingerprint density at radius 2 is 1.91 bits per heavy atom. The Morgan fingerprint density at radius 1 is 1.21 bits per heavy atom. The van der Waals surface area contributed by atoms with Crippen LogP contribution in [0.1, 0.15) is 58.6 Å². The highest BCUT2D eigenvalue weighted by molar-refractivity contribution is 5.87. The molecule has 33 heavy (non-hydrogen) atoms. The maximum atomic E-state index is 13.5. The molecule has 4 fully saturated rings. The van der Waals surface area contributed by atoms with Crippen molar-refractivity contribution in [2.75, 3.05) is 13.1 Å². The number of halogens is 1. The third kappa shape index (κ3) is 3.73. The number of fused-ring (bicyclic) bond motifs is 3. The zero-order chi connectivity index (χ0) is 23.7. The average Bonchev–Trinajstić information content (AvgIpc) is 3.09. The highest BCUT2D eigenvalue weighted by Crippen LogP contribution is 2.49. The van der Waals surface area contributed by atoms with Crippen molar-refractivity contribution < 1.29 is 14.0 Å². The van der Waals surface area contributed by atoms with Gasteiger partial charge < -0.3 is 9.80 Å². The average molecular weight is 453 g/mol. The molecule has 5 rings (SSSR count). The second kappa shape index (κ2) is 7.80. The predicted octanol–water partition coefficient (Wildman–Crippen LogP) is 3.35. The number of piperidine rings is 1. The first-order valence-corrected chi connectivity index (χ1v) is 12.1. The van der Waals surface area contributed by atoms with Gasteiger partial charge in [0.25, 0.3) is 0 Å². The van der Waals surface area contributed by atoms with Gasteiger partial charge in [-0.15, -0.1) is 0 Å². The molecule has 3 saturated heterocycles. The summed E-state index contributed by atoms with van der Waals surface area (Å²) in [6.07, 6.45) is 2.60. The molecule has 1 unspecified atom stereocenters. The molecule has 0 radical (unpaired) electrons. The zero-order valence-electron chi connectivity index (χ0n) is 19.9. The van der Waals surface area contributed by atoms with Crippen molar-refractivity contribution in [3.05, 3.63) is 35.6 Å². The molecular formula is C26H33FN4O2. The SMILES string of the molecule is C[C@@H](CN1C[C@H]2C[C@@H]1C(=O)N2[C@H](c1ccc(F)cc1)C(C)(C)C)C(=O)N1C2C[C@H]2C[C@H]1C#N. The van der Waals surface area contributed by atoms with E-state index in [1.807, 2.05) is 16.7 Å². The number of hydrogen-bond donors (Lipinski definition) is 0. The van der Waals surface area contributed by atoms with Crippen LogP contribution in [0.2, 0.25) is 0 Å². The lowest BCUT2D eigenvalue weighted by Gasteiger charge is -2.45. The molecule has 176 valence electrons. The Morgan fingerprint density at radius 3 is 2.52 bits per heavy atom. The smallest absolute Gasteiger partial charge is 0.240 e. The molecule has 7 heteroatoms. The summed E-state index contributed by atoms with van der Waals surface area (Å²) in [6.45, 7) is 9.57. The Bertz CT molecular complexity index is 997. The van der Waals surface area contributed by atoms with Crippen LogP contribution in [0.25, 0.3) is 0 Å². The number of nitrogens with zero attached hydrogens (tertiary/aromatic N) is 4. The summed E-state index contributed by atoms with van der Waals surface area (Å²) in [4.78, 5) is 32.7. The van der Waals surface area contributed by atoms with E-state index >= 15 is 0 Å². The highest BCUT2D eigenvalue weighted by atomic mass is 19.1. The van der Waals surface area contributed by atoms with Crippen LogP contribution in [0, 0.1) is 34.4 Å². The predicted molar refractivity (Wildman–Crippen MR) is 121 cm³/mol. The summed E-state index contributed by atoms with van der Waals surface area (Å²) in [5, 5.41) is 9.44. The fourth-order valence-electron chi connectivity index (χ4n) is 6.53. The molecule has 3 heterocycles. The van der Waals surface area contributed by atoms with Crippen LogP contribution in [0.5, 0.6) is 0 Å². The lowest BCUT2D eigenvalue weighted by molar-refractivity contribution is -0.144. The van der Waals surface area contributed by atoms with Crippen LogP contribution < -0.4 is 0 Å². The maximum Gasteiger partial charge on any atom is 0.240 e. The summed E-state index contributed by atoms with van der Waals surface area (Å²) >= 11 is 0. The maximum absolute atomic E-state index is 13.5. The molecule has 0 spiro atoms. The number of carbonyl (C=O) groups is 2. The topological polar surface area (TPSA) is 67.7 Å². The van der Waals surface area contributed by atoms with Crippen molar-refractivity contribution in [2.45, 2.75) is 77.2 Å². The van der Waals surface area contributed by atoms with Gasteiger partial charge in [0.15, 0.2) is 0 Å². The van der Waals surface area contributed by atoms with Gasteiger partial charge in [-0.25, -0.2) is 4.39 Å². The van der Waals surface area contributed by atoms with Crippen molar-refractivity contribution >= 4 is 11.8 Å². The number of carbonyl (C=O) groups excluding carboxylic acids is 2. The molecule has 1 aromatic carbocycles. The fourth-order valence-corrected chi connectivity index (χ4v) is 6.53. The van der Waals surface area contributed by atoms with Gasteiger partial charge in [-0.05, 0) is 48.3 Å². The quantitative estimate of drug-likeness (QED) is 0.687. The second-order valence-electron chi connectivity index (χ2n) is 11.5. The Kier molecular flexibility index (Phi) is 5.28. The minimum atomic E-state index is -0.292. The number of likely N-dealkylation sites (tertiary alicyclic amines) is 3. The Balaban J connectivity index is 1.29. The van der Waals surface area contributed by atoms with E-state index in [2.05, 4.69) is 31.7 Å². The lowest BCUT2D eigenvalue weighted by atomic mass is 9.80. The largest absolute Gasteiger partial charge is 0.329 e. The van der Waals surface area contributed by atoms with Crippen molar-refractivity contribution in [1.82, 2.24) is 14.7 Å². The lowest BCUT2D eigenvalue weighted by Crippen LogP contribution is -2.55. The van der Waals surface area contributed by atoms with Gasteiger partial charge in [-0.3, -0.25) is 14.5 Å². The fraction of sp³-hybridized carbons (Fsp3) is 0.654. The summed E-state index contributed by atoms with van der Waals surface area (Å²) < 4.78 is 13.5. The van der Waals surface area contributed by atoms with Gasteiger partial charge in [0.2, 0.25) is 11.8 Å². The molecule has 0 N–H and O–H groups in total. The summed E-state index contributed by atoms with van der Waals surface area (Å²) in [7, 11) is 0. The molecule has 1 aliphatic carbocycles. The van der Waals surface area contributed by atoms with Crippen molar-refractivity contribution in [3.8, 4) is 6.07 Å². The highest BCUT2D eigenvalue weighted by Gasteiger charge is 2.56. The minimum absolute atomic E-state index is 0.0532. The summed E-state index contributed by atoms with van der Waals surface area (Å²) in [6, 6.07) is 8.50. The Labute approximate surface area is 195 Å². The molecule has 2 amide bonds. The van der Waals surface area contributed by atoms with Crippen LogP contribution in [0.3, 0.4) is 0 Å². The summed E-state index contributed by atoms with van der Waals surface area (Å²) in [5.74, 6) is 0.145. The van der Waals surface area contributed by atoms with E-state index in [1.165, 1.54) is 12.1 Å². The monoisotopic (exact) mass is 452 g/mol.